The van der Waals surface area contributed by atoms with Gasteiger partial charge in [0.2, 0.25) is 6.71 Å². The van der Waals surface area contributed by atoms with E-state index in [0.29, 0.717) is 0 Å². The first kappa shape index (κ1) is 31.5. The van der Waals surface area contributed by atoms with Crippen molar-refractivity contribution in [2.45, 2.75) is 70.3 Å². The standard InChI is InChI=1S/C50H47BN2/c1-49(2,3)37-24-26-38(27-25-37)52-41-20-11-18-39(32-14-7-5-8-15-32)46(41)51-47-40(33-16-9-6-10-17-33)19-12-22-43(47)53(44-23-13-21-42(52)48(44)51)50(4)30-35-28-34-29-36(31-50)45(34)35/h5-18,20-27,30,34,36,40,45H,19,28-29,31H2,1-4H3. The summed E-state index contributed by atoms with van der Waals surface area (Å²) in [7, 11) is 0. The maximum absolute atomic E-state index is 2.83. The number of hydrogen-bond acceptors (Lipinski definition) is 2. The molecule has 3 heteroatoms. The van der Waals surface area contributed by atoms with Crippen LogP contribution in [-0.2, 0) is 5.41 Å². The molecular formula is C50H47BN2. The van der Waals surface area contributed by atoms with Gasteiger partial charge in [0.05, 0.1) is 5.54 Å². The van der Waals surface area contributed by atoms with Crippen LogP contribution < -0.4 is 20.7 Å². The second-order valence-corrected chi connectivity index (χ2v) is 17.9. The van der Waals surface area contributed by atoms with E-state index in [0.717, 1.165) is 24.2 Å². The smallest absolute Gasteiger partial charge is 0.249 e. The Morgan fingerprint density at radius 1 is 0.717 bits per heavy atom. The number of fused-ring (bicyclic) bond motifs is 3. The Balaban J connectivity index is 1.22. The van der Waals surface area contributed by atoms with E-state index < -0.39 is 0 Å². The van der Waals surface area contributed by atoms with E-state index in [2.05, 4.69) is 177 Å². The summed E-state index contributed by atoms with van der Waals surface area (Å²) in [6.07, 6.45) is 12.6. The second kappa shape index (κ2) is 11.2. The molecule has 0 saturated heterocycles. The Bertz CT molecular complexity index is 2380. The van der Waals surface area contributed by atoms with Crippen molar-refractivity contribution in [1.82, 2.24) is 0 Å². The Morgan fingerprint density at radius 2 is 1.42 bits per heavy atom. The SMILES string of the molecule is CC(C)(C)c1ccc(N2c3cccc(-c4ccccc4)c3B3C4=C(C=CCC4c4ccccc4)N(C4(C)C=C5CC6CC(C4)C56)c4cccc2c43)cc1. The van der Waals surface area contributed by atoms with Crippen LogP contribution in [0.4, 0.5) is 22.7 Å². The van der Waals surface area contributed by atoms with Crippen LogP contribution >= 0.6 is 0 Å². The number of anilines is 4. The second-order valence-electron chi connectivity index (χ2n) is 17.9. The molecule has 260 valence electrons. The van der Waals surface area contributed by atoms with Crippen LogP contribution in [0.15, 0.2) is 156 Å². The Kier molecular flexibility index (Phi) is 6.69. The fraction of sp³-hybridized carbons (Fsp3) is 0.280. The third-order valence-corrected chi connectivity index (χ3v) is 13.8. The third-order valence-electron chi connectivity index (χ3n) is 13.8. The molecular weight excluding hydrogens is 639 g/mol. The lowest BCUT2D eigenvalue weighted by atomic mass is 9.29. The molecule has 6 aliphatic rings. The first-order chi connectivity index (χ1) is 25.8. The number of nitrogens with zero attached hydrogens (tertiary/aromatic N) is 2. The molecule has 2 nitrogen and oxygen atoms in total. The largest absolute Gasteiger partial charge is 0.333 e. The van der Waals surface area contributed by atoms with Crippen molar-refractivity contribution in [3.63, 3.8) is 0 Å². The Morgan fingerprint density at radius 3 is 2.13 bits per heavy atom. The normalized spacial score (nSPS) is 26.1. The van der Waals surface area contributed by atoms with E-state index >= 15 is 0 Å². The minimum Gasteiger partial charge on any atom is -0.333 e. The van der Waals surface area contributed by atoms with E-state index in [9.17, 15) is 0 Å². The highest BCUT2D eigenvalue weighted by Crippen LogP contribution is 2.64. The van der Waals surface area contributed by atoms with Gasteiger partial charge in [-0.3, -0.25) is 0 Å². The van der Waals surface area contributed by atoms with Crippen molar-refractivity contribution in [2.24, 2.45) is 17.8 Å². The lowest BCUT2D eigenvalue weighted by Gasteiger charge is -2.63. The van der Waals surface area contributed by atoms with Crippen molar-refractivity contribution < 1.29 is 0 Å². The quantitative estimate of drug-likeness (QED) is 0.137. The van der Waals surface area contributed by atoms with Crippen molar-refractivity contribution in [2.75, 3.05) is 9.80 Å². The molecule has 2 saturated carbocycles. The summed E-state index contributed by atoms with van der Waals surface area (Å²) in [6.45, 7) is 9.59. The van der Waals surface area contributed by atoms with Gasteiger partial charge in [0.1, 0.15) is 0 Å². The molecule has 0 N–H and O–H groups in total. The van der Waals surface area contributed by atoms with E-state index in [-0.39, 0.29) is 23.6 Å². The summed E-state index contributed by atoms with van der Waals surface area (Å²) < 4.78 is 0. The number of benzene rings is 5. The van der Waals surface area contributed by atoms with Gasteiger partial charge in [-0.2, -0.15) is 0 Å². The predicted octanol–water partition coefficient (Wildman–Crippen LogP) is 11.1. The van der Waals surface area contributed by atoms with Crippen molar-refractivity contribution in [3.05, 3.63) is 167 Å². The van der Waals surface area contributed by atoms with E-state index in [1.54, 1.807) is 11.0 Å². The van der Waals surface area contributed by atoms with Crippen LogP contribution in [-0.4, -0.2) is 12.3 Å². The molecule has 0 radical (unpaired) electrons. The van der Waals surface area contributed by atoms with Gasteiger partial charge in [-0.1, -0.05) is 135 Å². The summed E-state index contributed by atoms with van der Waals surface area (Å²) in [4.78, 5) is 5.42. The highest BCUT2D eigenvalue weighted by Gasteiger charge is 2.58. The number of allylic oxidation sites excluding steroid dienone is 4. The monoisotopic (exact) mass is 686 g/mol. The van der Waals surface area contributed by atoms with Crippen molar-refractivity contribution >= 4 is 40.4 Å². The van der Waals surface area contributed by atoms with E-state index in [1.807, 2.05) is 0 Å². The zero-order chi connectivity index (χ0) is 35.6. The van der Waals surface area contributed by atoms with Crippen LogP contribution in [0.1, 0.15) is 70.4 Å². The maximum Gasteiger partial charge on any atom is 0.249 e. The third kappa shape index (κ3) is 4.52. The fourth-order valence-corrected chi connectivity index (χ4v) is 11.5. The first-order valence-corrected chi connectivity index (χ1v) is 20.0. The summed E-state index contributed by atoms with van der Waals surface area (Å²) in [5, 5.41) is 0. The van der Waals surface area contributed by atoms with Gasteiger partial charge in [-0.05, 0) is 125 Å². The maximum atomic E-state index is 2.83. The van der Waals surface area contributed by atoms with Gasteiger partial charge >= 0.3 is 0 Å². The lowest BCUT2D eigenvalue weighted by Crippen LogP contribution is -2.63. The molecule has 2 heterocycles. The van der Waals surface area contributed by atoms with Crippen molar-refractivity contribution in [1.29, 1.82) is 0 Å². The molecule has 5 atom stereocenters. The van der Waals surface area contributed by atoms with Crippen LogP contribution in [0.3, 0.4) is 0 Å². The molecule has 0 aromatic heterocycles. The molecule has 11 rings (SSSR count). The average Bonchev–Trinajstić information content (AvgIpc) is 3.16. The molecule has 0 spiro atoms. The van der Waals surface area contributed by atoms with Gasteiger partial charge in [-0.15, -0.1) is 0 Å². The van der Waals surface area contributed by atoms with Gasteiger partial charge in [0.25, 0.3) is 0 Å². The minimum absolute atomic E-state index is 0.0873. The Hall–Kier alpha value is -5.02. The first-order valence-electron chi connectivity index (χ1n) is 20.0. The molecule has 5 aromatic carbocycles. The summed E-state index contributed by atoms with van der Waals surface area (Å²) >= 11 is 0. The fourth-order valence-electron chi connectivity index (χ4n) is 11.5. The lowest BCUT2D eigenvalue weighted by molar-refractivity contribution is 0.00836. The van der Waals surface area contributed by atoms with Crippen LogP contribution in [0, 0.1) is 17.8 Å². The molecule has 0 amide bonds. The molecule has 2 fully saturated rings. The summed E-state index contributed by atoms with van der Waals surface area (Å²) in [5.41, 5.74) is 18.2. The topological polar surface area (TPSA) is 6.48 Å². The van der Waals surface area contributed by atoms with Crippen LogP contribution in [0.25, 0.3) is 11.1 Å². The number of hydrogen-bond donors (Lipinski definition) is 0. The predicted molar refractivity (Wildman–Crippen MR) is 224 cm³/mol. The zero-order valence-electron chi connectivity index (χ0n) is 31.4. The van der Waals surface area contributed by atoms with Gasteiger partial charge < -0.3 is 9.80 Å². The average molecular weight is 687 g/mol. The number of rotatable bonds is 4. The van der Waals surface area contributed by atoms with E-state index in [4.69, 9.17) is 0 Å². The summed E-state index contributed by atoms with van der Waals surface area (Å²) in [5.74, 6) is 2.89. The van der Waals surface area contributed by atoms with Crippen molar-refractivity contribution in [3.8, 4) is 11.1 Å². The van der Waals surface area contributed by atoms with Crippen LogP contribution in [0.5, 0.6) is 0 Å². The highest BCUT2D eigenvalue weighted by molar-refractivity contribution is 6.96. The van der Waals surface area contributed by atoms with Crippen LogP contribution in [0.2, 0.25) is 0 Å². The zero-order valence-corrected chi connectivity index (χ0v) is 31.4. The highest BCUT2D eigenvalue weighted by atomic mass is 15.2. The molecule has 0 bridgehead atoms. The van der Waals surface area contributed by atoms with Gasteiger partial charge in [0, 0.05) is 34.4 Å². The summed E-state index contributed by atoms with van der Waals surface area (Å²) in [6, 6.07) is 46.1. The molecule has 4 aliphatic carbocycles. The van der Waals surface area contributed by atoms with Gasteiger partial charge in [0.15, 0.2) is 0 Å². The molecule has 5 unspecified atom stereocenters. The molecule has 5 aromatic rings. The molecule has 53 heavy (non-hydrogen) atoms. The Labute approximate surface area is 315 Å². The minimum atomic E-state index is -0.0934. The molecule has 2 aliphatic heterocycles. The van der Waals surface area contributed by atoms with E-state index in [1.165, 1.54) is 80.9 Å². The van der Waals surface area contributed by atoms with Gasteiger partial charge in [-0.25, -0.2) is 0 Å².